The molecule has 0 aliphatic rings. The summed E-state index contributed by atoms with van der Waals surface area (Å²) in [5.74, 6) is -1.49. The summed E-state index contributed by atoms with van der Waals surface area (Å²) >= 11 is 2.11. The van der Waals surface area contributed by atoms with Gasteiger partial charge in [-0.05, 0) is 50.4 Å². The Morgan fingerprint density at radius 3 is 2.49 bits per heavy atom. The van der Waals surface area contributed by atoms with Crippen LogP contribution in [0.5, 0.6) is 0 Å². The first-order chi connectivity index (χ1) is 21.7. The van der Waals surface area contributed by atoms with Gasteiger partial charge in [0.1, 0.15) is 12.1 Å². The Balaban J connectivity index is 1.94. The summed E-state index contributed by atoms with van der Waals surface area (Å²) in [7, 11) is 1.23. The van der Waals surface area contributed by atoms with E-state index in [-0.39, 0.29) is 29.5 Å². The molecule has 13 nitrogen and oxygen atoms in total. The maximum absolute atomic E-state index is 13.8. The molecular formula is C30H38N6O7S2. The van der Waals surface area contributed by atoms with Gasteiger partial charge in [0.05, 0.1) is 22.0 Å². The maximum atomic E-state index is 13.8. The summed E-state index contributed by atoms with van der Waals surface area (Å²) in [4.78, 5) is 66.1. The van der Waals surface area contributed by atoms with Gasteiger partial charge in [0.2, 0.25) is 11.8 Å². The largest absolute Gasteiger partial charge is 0.467 e. The lowest BCUT2D eigenvalue weighted by Gasteiger charge is -2.23. The lowest BCUT2D eigenvalue weighted by molar-refractivity contribution is -0.387. The number of unbranched alkanes of at least 4 members (excludes halogenated alkanes) is 1. The highest BCUT2D eigenvalue weighted by molar-refractivity contribution is 8.13. The fourth-order valence-electron chi connectivity index (χ4n) is 4.54. The SMILES string of the molecule is CCNC(=O)SCCC(=O)N[C@@H](Cc1c(Sc2ccccc2[N+](=O)[O-])[nH]c2ccccc12)C(=O)N[C@@H](CCCCN)C(=O)OC. The number of ether oxygens (including phenoxy) is 1. The molecule has 0 fully saturated rings. The molecule has 45 heavy (non-hydrogen) atoms. The Morgan fingerprint density at radius 2 is 1.78 bits per heavy atom. The molecule has 0 bridgehead atoms. The van der Waals surface area contributed by atoms with Gasteiger partial charge in [-0.3, -0.25) is 24.5 Å². The van der Waals surface area contributed by atoms with E-state index in [0.717, 1.165) is 34.4 Å². The number of carbonyl (C=O) groups excluding carboxylic acids is 4. The van der Waals surface area contributed by atoms with Crippen molar-refractivity contribution in [1.29, 1.82) is 0 Å². The van der Waals surface area contributed by atoms with Gasteiger partial charge in [0, 0.05) is 42.1 Å². The predicted molar refractivity (Wildman–Crippen MR) is 174 cm³/mol. The van der Waals surface area contributed by atoms with Crippen molar-refractivity contribution >= 4 is 63.1 Å². The zero-order valence-corrected chi connectivity index (χ0v) is 26.8. The van der Waals surface area contributed by atoms with Crippen LogP contribution in [0.3, 0.4) is 0 Å². The van der Waals surface area contributed by atoms with Crippen molar-refractivity contribution in [2.45, 2.75) is 61.0 Å². The molecule has 0 unspecified atom stereocenters. The van der Waals surface area contributed by atoms with Gasteiger partial charge in [-0.25, -0.2) is 4.79 Å². The van der Waals surface area contributed by atoms with Gasteiger partial charge in [-0.2, -0.15) is 0 Å². The van der Waals surface area contributed by atoms with Gasteiger partial charge in [0.25, 0.3) is 10.9 Å². The number of amides is 3. The first-order valence-electron chi connectivity index (χ1n) is 14.5. The smallest absolute Gasteiger partial charge is 0.328 e. The Bertz CT molecular complexity index is 1500. The number of fused-ring (bicyclic) bond motifs is 1. The standard InChI is InChI=1S/C30H38N6O7S2/c1-3-32-30(40)44-17-15-26(37)33-23(27(38)34-22(29(39)43-2)12-8-9-16-31)18-20-19-10-4-5-11-21(19)35-28(20)45-25-14-7-6-13-24(25)36(41)42/h4-7,10-11,13-14,22-23,35H,3,8-9,12,15-18,31H2,1-2H3,(H,32,40)(H,33,37)(H,34,38)/t22-,23-/m0/s1. The lowest BCUT2D eigenvalue weighted by atomic mass is 10.0. The van der Waals surface area contributed by atoms with Crippen molar-refractivity contribution in [1.82, 2.24) is 20.9 Å². The highest BCUT2D eigenvalue weighted by Crippen LogP contribution is 2.39. The number of methoxy groups -OCH3 is 1. The third-order valence-electron chi connectivity index (χ3n) is 6.74. The molecule has 2 aromatic carbocycles. The minimum atomic E-state index is -1.13. The Kier molecular flexibility index (Phi) is 14.2. The molecule has 0 aliphatic carbocycles. The molecule has 3 amide bonds. The minimum Gasteiger partial charge on any atom is -0.467 e. The zero-order valence-electron chi connectivity index (χ0n) is 25.1. The third-order valence-corrected chi connectivity index (χ3v) is 8.67. The van der Waals surface area contributed by atoms with Crippen molar-refractivity contribution in [3.8, 4) is 0 Å². The van der Waals surface area contributed by atoms with Gasteiger partial charge >= 0.3 is 5.97 Å². The van der Waals surface area contributed by atoms with Gasteiger partial charge < -0.3 is 31.4 Å². The number of nitrogens with zero attached hydrogens (tertiary/aromatic N) is 1. The Hall–Kier alpha value is -4.08. The number of thioether (sulfide) groups is 1. The number of para-hydroxylation sites is 2. The number of aromatic nitrogens is 1. The molecule has 242 valence electrons. The van der Waals surface area contributed by atoms with E-state index in [9.17, 15) is 29.3 Å². The minimum absolute atomic E-state index is 0.00467. The van der Waals surface area contributed by atoms with Crippen molar-refractivity contribution in [3.63, 3.8) is 0 Å². The molecule has 3 aromatic rings. The Labute approximate surface area is 269 Å². The second kappa shape index (κ2) is 18.0. The van der Waals surface area contributed by atoms with E-state index in [2.05, 4.69) is 20.9 Å². The number of nitrogens with two attached hydrogens (primary N) is 1. The molecular weight excluding hydrogens is 620 g/mol. The first-order valence-corrected chi connectivity index (χ1v) is 16.3. The summed E-state index contributed by atoms with van der Waals surface area (Å²) in [6, 6.07) is 11.6. The van der Waals surface area contributed by atoms with E-state index in [1.165, 1.54) is 13.2 Å². The van der Waals surface area contributed by atoms with Gasteiger partial charge in [-0.1, -0.05) is 53.9 Å². The van der Waals surface area contributed by atoms with Crippen LogP contribution in [-0.4, -0.2) is 71.0 Å². The topological polar surface area (TPSA) is 199 Å². The van der Waals surface area contributed by atoms with Crippen LogP contribution in [0.2, 0.25) is 0 Å². The Morgan fingerprint density at radius 1 is 1.04 bits per heavy atom. The van der Waals surface area contributed by atoms with Gasteiger partial charge in [-0.15, -0.1) is 0 Å². The maximum Gasteiger partial charge on any atom is 0.328 e. The lowest BCUT2D eigenvalue weighted by Crippen LogP contribution is -2.52. The predicted octanol–water partition coefficient (Wildman–Crippen LogP) is 3.89. The number of H-pyrrole nitrogens is 1. The summed E-state index contributed by atoms with van der Waals surface area (Å²) < 4.78 is 4.90. The van der Waals surface area contributed by atoms with E-state index in [4.69, 9.17) is 10.5 Å². The molecule has 1 heterocycles. The number of carbonyl (C=O) groups is 4. The molecule has 3 rings (SSSR count). The number of benzene rings is 2. The molecule has 0 radical (unpaired) electrons. The van der Waals surface area contributed by atoms with Crippen LogP contribution < -0.4 is 21.7 Å². The number of hydrogen-bond acceptors (Lipinski definition) is 10. The first kappa shape index (κ1) is 35.4. The van der Waals surface area contributed by atoms with Crippen molar-refractivity contribution in [3.05, 3.63) is 64.2 Å². The fraction of sp³-hybridized carbons (Fsp3) is 0.400. The number of nitro groups is 1. The van der Waals surface area contributed by atoms with Crippen LogP contribution in [0.15, 0.2) is 58.5 Å². The second-order valence-corrected chi connectivity index (χ2v) is 12.0. The molecule has 0 spiro atoms. The van der Waals surface area contributed by atoms with Gasteiger partial charge in [0.15, 0.2) is 0 Å². The van der Waals surface area contributed by atoms with E-state index < -0.39 is 34.8 Å². The van der Waals surface area contributed by atoms with Crippen molar-refractivity contribution in [2.24, 2.45) is 5.73 Å². The number of hydrogen-bond donors (Lipinski definition) is 5. The third kappa shape index (κ3) is 10.5. The van der Waals surface area contributed by atoms with E-state index in [1.807, 2.05) is 24.3 Å². The average molecular weight is 659 g/mol. The van der Waals surface area contributed by atoms with Crippen molar-refractivity contribution < 1.29 is 28.8 Å². The van der Waals surface area contributed by atoms with Crippen LogP contribution in [-0.2, 0) is 25.5 Å². The monoisotopic (exact) mass is 658 g/mol. The second-order valence-electron chi connectivity index (χ2n) is 9.91. The normalized spacial score (nSPS) is 12.2. The van der Waals surface area contributed by atoms with Crippen LogP contribution in [0.25, 0.3) is 10.9 Å². The fourth-order valence-corrected chi connectivity index (χ4v) is 6.35. The summed E-state index contributed by atoms with van der Waals surface area (Å²) in [5, 5.41) is 20.9. The number of rotatable bonds is 17. The number of nitro benzene ring substituents is 1. The summed E-state index contributed by atoms with van der Waals surface area (Å²) in [6.07, 6.45) is 1.49. The van der Waals surface area contributed by atoms with Crippen LogP contribution in [0, 0.1) is 10.1 Å². The quantitative estimate of drug-likeness (QED) is 0.0614. The molecule has 6 N–H and O–H groups in total. The molecule has 0 aliphatic heterocycles. The molecule has 15 heteroatoms. The highest BCUT2D eigenvalue weighted by atomic mass is 32.2. The van der Waals surface area contributed by atoms with Crippen LogP contribution in [0.4, 0.5) is 10.5 Å². The molecule has 0 saturated carbocycles. The zero-order chi connectivity index (χ0) is 32.8. The highest BCUT2D eigenvalue weighted by Gasteiger charge is 2.29. The summed E-state index contributed by atoms with van der Waals surface area (Å²) in [5.41, 5.74) is 6.93. The molecule has 0 saturated heterocycles. The van der Waals surface area contributed by atoms with E-state index >= 15 is 0 Å². The van der Waals surface area contributed by atoms with E-state index in [1.54, 1.807) is 25.1 Å². The van der Waals surface area contributed by atoms with Crippen LogP contribution in [0.1, 0.15) is 38.2 Å². The van der Waals surface area contributed by atoms with Crippen molar-refractivity contribution in [2.75, 3.05) is 26.0 Å². The average Bonchev–Trinajstić information content (AvgIpc) is 3.36. The van der Waals surface area contributed by atoms with Crippen LogP contribution >= 0.6 is 23.5 Å². The number of esters is 1. The molecule has 2 atom stereocenters. The number of aromatic amines is 1. The summed E-state index contributed by atoms with van der Waals surface area (Å²) in [6.45, 7) is 2.68. The number of nitrogens with one attached hydrogen (secondary N) is 4. The van der Waals surface area contributed by atoms with E-state index in [0.29, 0.717) is 47.8 Å². The molecule has 1 aromatic heterocycles.